The monoisotopic (exact) mass is 668 g/mol. The molecule has 1 atom stereocenters. The second-order valence-corrected chi connectivity index (χ2v) is 12.1. The summed E-state index contributed by atoms with van der Waals surface area (Å²) in [5.74, 6) is 0.219. The quantitative estimate of drug-likeness (QED) is 0.125. The number of hydrogen-bond donors (Lipinski definition) is 1. The Kier molecular flexibility index (Phi) is 10.1. The van der Waals surface area contributed by atoms with Gasteiger partial charge in [-0.1, -0.05) is 0 Å². The molecular weight excluding hydrogens is 632 g/mol. The zero-order valence-electron chi connectivity index (χ0n) is 26.2. The van der Waals surface area contributed by atoms with Crippen LogP contribution in [0.5, 0.6) is 17.2 Å². The number of carbonyl (C=O) groups excluding carboxylic acids is 2. The minimum atomic E-state index is -4.61. The Bertz CT molecular complexity index is 1720. The lowest BCUT2D eigenvalue weighted by atomic mass is 10.0. The highest BCUT2D eigenvalue weighted by Crippen LogP contribution is 2.32. The van der Waals surface area contributed by atoms with E-state index in [1.807, 2.05) is 0 Å². The van der Waals surface area contributed by atoms with Gasteiger partial charge in [-0.25, -0.2) is 4.39 Å². The molecule has 0 radical (unpaired) electrons. The number of carbonyl (C=O) groups is 2. The van der Waals surface area contributed by atoms with Crippen LogP contribution in [0.25, 0.3) is 10.9 Å². The third-order valence-corrected chi connectivity index (χ3v) is 8.33. The van der Waals surface area contributed by atoms with Crippen LogP contribution in [-0.4, -0.2) is 71.6 Å². The van der Waals surface area contributed by atoms with Crippen molar-refractivity contribution < 1.29 is 41.4 Å². The molecule has 13 heteroatoms. The fourth-order valence-electron chi connectivity index (χ4n) is 5.71. The maximum atomic E-state index is 13.6. The van der Waals surface area contributed by atoms with Gasteiger partial charge in [0.1, 0.15) is 23.1 Å². The Balaban J connectivity index is 1.16. The van der Waals surface area contributed by atoms with E-state index in [1.165, 1.54) is 30.3 Å². The molecule has 6 rings (SSSR count). The average molecular weight is 669 g/mol. The summed E-state index contributed by atoms with van der Waals surface area (Å²) >= 11 is 0. The minimum absolute atomic E-state index is 0.0326. The van der Waals surface area contributed by atoms with Gasteiger partial charge in [0.15, 0.2) is 6.61 Å². The molecule has 0 bridgehead atoms. The van der Waals surface area contributed by atoms with E-state index in [0.717, 1.165) is 25.7 Å². The van der Waals surface area contributed by atoms with Crippen LogP contribution in [0.1, 0.15) is 52.8 Å². The van der Waals surface area contributed by atoms with Crippen LogP contribution in [0.2, 0.25) is 0 Å². The third-order valence-electron chi connectivity index (χ3n) is 8.33. The maximum absolute atomic E-state index is 13.6. The van der Waals surface area contributed by atoms with E-state index in [2.05, 4.69) is 10.4 Å². The standard InChI is InChI=1S/C35H36F4N4O5/c36-25-8-12-28(13-9-25)48-27-10-6-24(7-11-27)34(45)43-17-2-1-3-26(43)19-42-20-30-31(41-42)15-14-29(32(30)47-22-35(37,38)39)33(44)40-16-18-46-21-23-4-5-23/h6-15,20,23,26H,1-5,16-19,21-22H2,(H,40,44). The molecule has 1 saturated carbocycles. The van der Waals surface area contributed by atoms with Gasteiger partial charge in [-0.3, -0.25) is 14.3 Å². The number of nitrogens with zero attached hydrogens (tertiary/aromatic N) is 3. The van der Waals surface area contributed by atoms with Crippen molar-refractivity contribution in [2.24, 2.45) is 5.92 Å². The number of aromatic nitrogens is 2. The number of likely N-dealkylation sites (tertiary alicyclic amines) is 1. The Morgan fingerprint density at radius 1 is 0.938 bits per heavy atom. The second-order valence-electron chi connectivity index (χ2n) is 12.1. The number of benzene rings is 3. The molecule has 0 spiro atoms. The number of ether oxygens (including phenoxy) is 3. The average Bonchev–Trinajstić information content (AvgIpc) is 3.81. The lowest BCUT2D eigenvalue weighted by Gasteiger charge is -2.35. The van der Waals surface area contributed by atoms with Gasteiger partial charge in [0.05, 0.1) is 35.7 Å². The van der Waals surface area contributed by atoms with E-state index in [4.69, 9.17) is 14.2 Å². The normalized spacial score (nSPS) is 16.6. The molecule has 2 fully saturated rings. The summed E-state index contributed by atoms with van der Waals surface area (Å²) < 4.78 is 71.0. The summed E-state index contributed by atoms with van der Waals surface area (Å²) in [7, 11) is 0. The number of rotatable bonds is 13. The Hall–Kier alpha value is -4.65. The molecule has 2 amide bonds. The highest BCUT2D eigenvalue weighted by molar-refractivity contribution is 6.03. The van der Waals surface area contributed by atoms with Gasteiger partial charge in [-0.05, 0) is 98.7 Å². The minimum Gasteiger partial charge on any atom is -0.483 e. The summed E-state index contributed by atoms with van der Waals surface area (Å²) in [6.07, 6.45) is 1.66. The van der Waals surface area contributed by atoms with Crippen LogP contribution in [0.4, 0.5) is 17.6 Å². The first-order valence-electron chi connectivity index (χ1n) is 16.0. The van der Waals surface area contributed by atoms with E-state index >= 15 is 0 Å². The largest absolute Gasteiger partial charge is 0.483 e. The summed E-state index contributed by atoms with van der Waals surface area (Å²) in [5.41, 5.74) is 0.798. The van der Waals surface area contributed by atoms with Crippen molar-refractivity contribution in [1.82, 2.24) is 20.0 Å². The molecule has 1 N–H and O–H groups in total. The van der Waals surface area contributed by atoms with Crippen molar-refractivity contribution in [3.63, 3.8) is 0 Å². The molecule has 254 valence electrons. The summed E-state index contributed by atoms with van der Waals surface area (Å²) in [5, 5.41) is 7.54. The van der Waals surface area contributed by atoms with Gasteiger partial charge in [0.25, 0.3) is 11.8 Å². The van der Waals surface area contributed by atoms with Crippen molar-refractivity contribution in [3.05, 3.63) is 83.8 Å². The van der Waals surface area contributed by atoms with Crippen molar-refractivity contribution in [2.75, 3.05) is 32.9 Å². The molecule has 1 unspecified atom stereocenters. The van der Waals surface area contributed by atoms with Crippen molar-refractivity contribution in [1.29, 1.82) is 0 Å². The first-order valence-corrected chi connectivity index (χ1v) is 16.0. The van der Waals surface area contributed by atoms with Crippen LogP contribution >= 0.6 is 0 Å². The molecule has 2 aliphatic rings. The molecule has 1 saturated heterocycles. The SMILES string of the molecule is O=C(NCCOCC1CC1)c1ccc2nn(CC3CCCCN3C(=O)c3ccc(Oc4ccc(F)cc4)cc3)cc2c1OCC(F)(F)F. The third kappa shape index (κ3) is 8.62. The predicted molar refractivity (Wildman–Crippen MR) is 169 cm³/mol. The van der Waals surface area contributed by atoms with E-state index < -0.39 is 18.7 Å². The van der Waals surface area contributed by atoms with Gasteiger partial charge < -0.3 is 24.4 Å². The molecule has 1 aromatic heterocycles. The van der Waals surface area contributed by atoms with Crippen LogP contribution in [0.3, 0.4) is 0 Å². The molecule has 3 aromatic carbocycles. The van der Waals surface area contributed by atoms with E-state index in [-0.39, 0.29) is 41.0 Å². The van der Waals surface area contributed by atoms with Gasteiger partial charge >= 0.3 is 6.18 Å². The van der Waals surface area contributed by atoms with E-state index in [1.54, 1.807) is 46.1 Å². The maximum Gasteiger partial charge on any atom is 0.422 e. The number of fused-ring (bicyclic) bond motifs is 1. The fraction of sp³-hybridized carbons (Fsp3) is 0.400. The Labute approximate surface area is 274 Å². The van der Waals surface area contributed by atoms with Crippen LogP contribution in [0, 0.1) is 11.7 Å². The number of piperidine rings is 1. The zero-order chi connectivity index (χ0) is 33.7. The van der Waals surface area contributed by atoms with Gasteiger partial charge in [0.2, 0.25) is 0 Å². The predicted octanol–water partition coefficient (Wildman–Crippen LogP) is 6.76. The lowest BCUT2D eigenvalue weighted by molar-refractivity contribution is -0.153. The number of halogens is 4. The molecular formula is C35H36F4N4O5. The number of alkyl halides is 3. The second kappa shape index (κ2) is 14.6. The summed E-state index contributed by atoms with van der Waals surface area (Å²) in [6, 6.07) is 15.1. The summed E-state index contributed by atoms with van der Waals surface area (Å²) in [6.45, 7) is 0.395. The topological polar surface area (TPSA) is 94.9 Å². The van der Waals surface area contributed by atoms with E-state index in [9.17, 15) is 27.2 Å². The van der Waals surface area contributed by atoms with Crippen molar-refractivity contribution in [3.8, 4) is 17.2 Å². The van der Waals surface area contributed by atoms with Crippen molar-refractivity contribution in [2.45, 2.75) is 50.9 Å². The first-order chi connectivity index (χ1) is 23.1. The van der Waals surface area contributed by atoms with Gasteiger partial charge in [-0.2, -0.15) is 18.3 Å². The lowest BCUT2D eigenvalue weighted by Crippen LogP contribution is -2.45. The van der Waals surface area contributed by atoms with Crippen LogP contribution < -0.4 is 14.8 Å². The molecule has 9 nitrogen and oxygen atoms in total. The smallest absolute Gasteiger partial charge is 0.422 e. The van der Waals surface area contributed by atoms with Gasteiger partial charge in [-0.15, -0.1) is 0 Å². The molecule has 2 heterocycles. The first kappa shape index (κ1) is 33.3. The van der Waals surface area contributed by atoms with Crippen molar-refractivity contribution >= 4 is 22.7 Å². The highest BCUT2D eigenvalue weighted by Gasteiger charge is 2.31. The molecule has 4 aromatic rings. The Morgan fingerprint density at radius 2 is 1.67 bits per heavy atom. The van der Waals surface area contributed by atoms with Gasteiger partial charge in [0, 0.05) is 31.5 Å². The molecule has 1 aliphatic heterocycles. The fourth-order valence-corrected chi connectivity index (χ4v) is 5.71. The Morgan fingerprint density at radius 3 is 2.38 bits per heavy atom. The highest BCUT2D eigenvalue weighted by atomic mass is 19.4. The van der Waals surface area contributed by atoms with E-state index in [0.29, 0.717) is 61.2 Å². The van der Waals surface area contributed by atoms with Crippen LogP contribution in [-0.2, 0) is 11.3 Å². The summed E-state index contributed by atoms with van der Waals surface area (Å²) in [4.78, 5) is 28.4. The number of hydrogen-bond acceptors (Lipinski definition) is 6. The number of amides is 2. The van der Waals surface area contributed by atoms with Crippen LogP contribution in [0.15, 0.2) is 66.9 Å². The number of nitrogens with one attached hydrogen (secondary N) is 1. The zero-order valence-corrected chi connectivity index (χ0v) is 26.2. The molecule has 48 heavy (non-hydrogen) atoms. The molecule has 1 aliphatic carbocycles.